The van der Waals surface area contributed by atoms with Gasteiger partial charge in [-0.25, -0.2) is 0 Å². The second kappa shape index (κ2) is 3.57. The van der Waals surface area contributed by atoms with Crippen molar-refractivity contribution in [2.24, 2.45) is 23.2 Å². The SMILES string of the molecule is [B]C([B])(C1CCC2CCCC21)C(C)(C)C. The molecule has 2 fully saturated rings. The number of rotatable bonds is 1. The van der Waals surface area contributed by atoms with E-state index in [0.717, 1.165) is 11.8 Å². The molecule has 0 aromatic carbocycles. The van der Waals surface area contributed by atoms with Gasteiger partial charge in [-0.15, -0.1) is 0 Å². The summed E-state index contributed by atoms with van der Waals surface area (Å²) in [5.74, 6) is 2.30. The molecule has 3 unspecified atom stereocenters. The van der Waals surface area contributed by atoms with Gasteiger partial charge in [0.2, 0.25) is 0 Å². The van der Waals surface area contributed by atoms with Gasteiger partial charge in [-0.05, 0) is 36.0 Å². The largest absolute Gasteiger partial charge is 0.0913 e. The topological polar surface area (TPSA) is 0 Å². The van der Waals surface area contributed by atoms with E-state index in [0.29, 0.717) is 5.92 Å². The second-order valence-electron chi connectivity index (χ2n) is 6.72. The van der Waals surface area contributed by atoms with Gasteiger partial charge in [0.05, 0.1) is 15.7 Å². The molecule has 4 radical (unpaired) electrons. The lowest BCUT2D eigenvalue weighted by molar-refractivity contribution is 0.208. The van der Waals surface area contributed by atoms with Crippen molar-refractivity contribution in [3.05, 3.63) is 0 Å². The quantitative estimate of drug-likeness (QED) is 0.569. The second-order valence-corrected chi connectivity index (χ2v) is 6.72. The molecule has 80 valence electrons. The van der Waals surface area contributed by atoms with E-state index in [1.165, 1.54) is 32.1 Å². The zero-order valence-corrected chi connectivity index (χ0v) is 10.4. The van der Waals surface area contributed by atoms with E-state index in [9.17, 15) is 0 Å². The van der Waals surface area contributed by atoms with E-state index < -0.39 is 5.21 Å². The van der Waals surface area contributed by atoms with Crippen molar-refractivity contribution in [2.75, 3.05) is 0 Å². The van der Waals surface area contributed by atoms with Crippen LogP contribution in [0.5, 0.6) is 0 Å². The summed E-state index contributed by atoms with van der Waals surface area (Å²) in [6.07, 6.45) is 6.79. The standard InChI is InChI=1S/C13H22B2/c1-12(2,3)13(14,15)11-8-7-9-5-4-6-10(9)11/h9-11H,4-8H2,1-3H3. The average molecular weight is 200 g/mol. The van der Waals surface area contributed by atoms with E-state index in [1.54, 1.807) is 0 Å². The maximum absolute atomic E-state index is 6.43. The summed E-state index contributed by atoms with van der Waals surface area (Å²) in [6.45, 7) is 6.53. The van der Waals surface area contributed by atoms with Crippen LogP contribution in [0.1, 0.15) is 52.9 Å². The predicted molar refractivity (Wildman–Crippen MR) is 67.2 cm³/mol. The fourth-order valence-corrected chi connectivity index (χ4v) is 3.71. The highest BCUT2D eigenvalue weighted by atomic mass is 14.5. The van der Waals surface area contributed by atoms with Crippen LogP contribution in [0.2, 0.25) is 5.21 Å². The zero-order valence-electron chi connectivity index (χ0n) is 10.4. The first-order valence-electron chi connectivity index (χ1n) is 6.42. The smallest absolute Gasteiger partial charge is 0.0631 e. The van der Waals surface area contributed by atoms with E-state index in [1.807, 2.05) is 0 Å². The molecule has 0 nitrogen and oxygen atoms in total. The number of hydrogen-bond acceptors (Lipinski definition) is 0. The Kier molecular flexibility index (Phi) is 2.76. The Labute approximate surface area is 97.4 Å². The van der Waals surface area contributed by atoms with Crippen molar-refractivity contribution in [2.45, 2.75) is 58.1 Å². The first-order valence-corrected chi connectivity index (χ1v) is 6.42. The van der Waals surface area contributed by atoms with Gasteiger partial charge in [0.15, 0.2) is 0 Å². The van der Waals surface area contributed by atoms with Crippen LogP contribution >= 0.6 is 0 Å². The fraction of sp³-hybridized carbons (Fsp3) is 1.00. The Morgan fingerprint density at radius 3 is 2.20 bits per heavy atom. The van der Waals surface area contributed by atoms with E-state index >= 15 is 0 Å². The highest BCUT2D eigenvalue weighted by molar-refractivity contribution is 6.40. The molecule has 0 bridgehead atoms. The molecule has 0 N–H and O–H groups in total. The first-order chi connectivity index (χ1) is 6.84. The van der Waals surface area contributed by atoms with E-state index in [-0.39, 0.29) is 5.41 Å². The monoisotopic (exact) mass is 200 g/mol. The summed E-state index contributed by atoms with van der Waals surface area (Å²) < 4.78 is 0. The molecule has 3 atom stereocenters. The molecule has 2 aliphatic rings. The molecule has 0 aromatic rings. The van der Waals surface area contributed by atoms with Crippen LogP contribution in [0.3, 0.4) is 0 Å². The molecule has 0 spiro atoms. The van der Waals surface area contributed by atoms with Crippen molar-refractivity contribution < 1.29 is 0 Å². The van der Waals surface area contributed by atoms with Crippen LogP contribution in [0, 0.1) is 23.2 Å². The lowest BCUT2D eigenvalue weighted by Crippen LogP contribution is -2.38. The number of fused-ring (bicyclic) bond motifs is 1. The third kappa shape index (κ3) is 1.78. The normalized spacial score (nSPS) is 36.9. The van der Waals surface area contributed by atoms with Crippen LogP contribution in [-0.2, 0) is 0 Å². The predicted octanol–water partition coefficient (Wildman–Crippen LogP) is 3.31. The highest BCUT2D eigenvalue weighted by Gasteiger charge is 2.48. The Bertz CT molecular complexity index is 239. The first kappa shape index (κ1) is 11.6. The minimum Gasteiger partial charge on any atom is -0.0913 e. The van der Waals surface area contributed by atoms with Crippen LogP contribution in [0.4, 0.5) is 0 Å². The lowest BCUT2D eigenvalue weighted by atomic mass is 9.37. The molecule has 2 rings (SSSR count). The van der Waals surface area contributed by atoms with Crippen molar-refractivity contribution in [1.82, 2.24) is 0 Å². The van der Waals surface area contributed by atoms with Crippen LogP contribution in [0.15, 0.2) is 0 Å². The Hall–Kier alpha value is 0.130. The minimum absolute atomic E-state index is 0.00907. The van der Waals surface area contributed by atoms with E-state index in [2.05, 4.69) is 20.8 Å². The number of hydrogen-bond donors (Lipinski definition) is 0. The van der Waals surface area contributed by atoms with E-state index in [4.69, 9.17) is 15.7 Å². The third-order valence-corrected chi connectivity index (χ3v) is 5.00. The summed E-state index contributed by atoms with van der Waals surface area (Å²) in [4.78, 5) is 0. The van der Waals surface area contributed by atoms with Gasteiger partial charge in [-0.3, -0.25) is 0 Å². The van der Waals surface area contributed by atoms with Crippen LogP contribution < -0.4 is 0 Å². The third-order valence-electron chi connectivity index (χ3n) is 5.00. The molecule has 0 aromatic heterocycles. The maximum atomic E-state index is 6.43. The van der Waals surface area contributed by atoms with Crippen molar-refractivity contribution in [3.8, 4) is 0 Å². The highest BCUT2D eigenvalue weighted by Crippen LogP contribution is 2.59. The van der Waals surface area contributed by atoms with Gasteiger partial charge in [0.1, 0.15) is 0 Å². The molecular weight excluding hydrogens is 178 g/mol. The Morgan fingerprint density at radius 2 is 1.60 bits per heavy atom. The maximum Gasteiger partial charge on any atom is 0.0631 e. The minimum atomic E-state index is -0.489. The Balaban J connectivity index is 2.17. The van der Waals surface area contributed by atoms with Crippen molar-refractivity contribution in [3.63, 3.8) is 0 Å². The van der Waals surface area contributed by atoms with Crippen molar-refractivity contribution in [1.29, 1.82) is 0 Å². The molecule has 0 heterocycles. The van der Waals surface area contributed by atoms with Gasteiger partial charge >= 0.3 is 0 Å². The molecule has 2 saturated carbocycles. The van der Waals surface area contributed by atoms with Gasteiger partial charge in [-0.1, -0.05) is 45.2 Å². The summed E-state index contributed by atoms with van der Waals surface area (Å²) >= 11 is 0. The molecule has 2 heteroatoms. The lowest BCUT2D eigenvalue weighted by Gasteiger charge is -2.47. The summed E-state index contributed by atoms with van der Waals surface area (Å²) in [5, 5.41) is -0.489. The molecular formula is C13H22B2. The average Bonchev–Trinajstić information content (AvgIpc) is 2.58. The van der Waals surface area contributed by atoms with Gasteiger partial charge in [0.25, 0.3) is 0 Å². The Morgan fingerprint density at radius 1 is 0.933 bits per heavy atom. The summed E-state index contributed by atoms with van der Waals surface area (Å²) in [7, 11) is 12.9. The summed E-state index contributed by atoms with van der Waals surface area (Å²) in [5.41, 5.74) is 0.00907. The summed E-state index contributed by atoms with van der Waals surface area (Å²) in [6, 6.07) is 0. The van der Waals surface area contributed by atoms with Gasteiger partial charge in [-0.2, -0.15) is 0 Å². The zero-order chi connectivity index (χ0) is 11.3. The molecule has 15 heavy (non-hydrogen) atoms. The molecule has 0 saturated heterocycles. The van der Waals surface area contributed by atoms with Gasteiger partial charge in [0, 0.05) is 0 Å². The molecule has 0 amide bonds. The molecule has 0 aliphatic heterocycles. The van der Waals surface area contributed by atoms with Gasteiger partial charge < -0.3 is 0 Å². The van der Waals surface area contributed by atoms with Crippen LogP contribution in [0.25, 0.3) is 0 Å². The van der Waals surface area contributed by atoms with Crippen LogP contribution in [-0.4, -0.2) is 15.7 Å². The molecule has 2 aliphatic carbocycles. The fourth-order valence-electron chi connectivity index (χ4n) is 3.71. The van der Waals surface area contributed by atoms with Crippen molar-refractivity contribution >= 4 is 15.7 Å².